The molecule has 0 saturated heterocycles. The number of hydrogen-bond acceptors (Lipinski definition) is 4. The fourth-order valence-electron chi connectivity index (χ4n) is 5.13. The maximum atomic E-state index is 13.3. The first-order chi connectivity index (χ1) is 18.7. The van der Waals surface area contributed by atoms with Gasteiger partial charge in [0.2, 0.25) is 0 Å². The molecule has 0 atom stereocenters. The van der Waals surface area contributed by atoms with Crippen LogP contribution in [0, 0.1) is 0 Å². The summed E-state index contributed by atoms with van der Waals surface area (Å²) in [6.07, 6.45) is 0.582. The molecule has 7 rings (SSSR count). The third-order valence-corrected chi connectivity index (χ3v) is 7.01. The van der Waals surface area contributed by atoms with Gasteiger partial charge in [-0.05, 0) is 58.3 Å². The molecular formula is C33H21N3O2. The minimum absolute atomic E-state index is 0.314. The molecule has 0 radical (unpaired) electrons. The van der Waals surface area contributed by atoms with E-state index in [1.165, 1.54) is 4.90 Å². The van der Waals surface area contributed by atoms with E-state index in [9.17, 15) is 9.59 Å². The van der Waals surface area contributed by atoms with Gasteiger partial charge in [0.05, 0.1) is 39.6 Å². The zero-order chi connectivity index (χ0) is 25.6. The molecule has 2 aliphatic heterocycles. The Morgan fingerprint density at radius 2 is 0.947 bits per heavy atom. The second-order valence-electron chi connectivity index (χ2n) is 9.39. The van der Waals surface area contributed by atoms with Crippen molar-refractivity contribution >= 4 is 51.1 Å². The fourth-order valence-corrected chi connectivity index (χ4v) is 5.13. The fraction of sp³-hybridized carbons (Fsp3) is 0.0303. The molecule has 180 valence electrons. The first-order valence-electron chi connectivity index (χ1n) is 12.5. The molecule has 0 unspecified atom stereocenters. The molecule has 0 saturated carbocycles. The summed E-state index contributed by atoms with van der Waals surface area (Å²) in [5.41, 5.74) is 6.77. The lowest BCUT2D eigenvalue weighted by Crippen LogP contribution is -2.29. The van der Waals surface area contributed by atoms with Gasteiger partial charge in [-0.1, -0.05) is 78.9 Å². The van der Waals surface area contributed by atoms with Crippen LogP contribution in [0.15, 0.2) is 125 Å². The predicted molar refractivity (Wildman–Crippen MR) is 151 cm³/mol. The number of nitrogens with zero attached hydrogens (tertiary/aromatic N) is 3. The average Bonchev–Trinajstić information content (AvgIpc) is 3.09. The summed E-state index contributed by atoms with van der Waals surface area (Å²) in [6, 6.07) is 36.8. The number of aliphatic imine (C=N–C) groups is 2. The number of para-hydroxylation sites is 1. The summed E-state index contributed by atoms with van der Waals surface area (Å²) in [4.78, 5) is 37.9. The van der Waals surface area contributed by atoms with E-state index in [1.54, 1.807) is 24.3 Å². The first-order valence-corrected chi connectivity index (χ1v) is 12.5. The Kier molecular flexibility index (Phi) is 5.08. The quantitative estimate of drug-likeness (QED) is 0.249. The number of rotatable bonds is 3. The van der Waals surface area contributed by atoms with Crippen molar-refractivity contribution in [1.29, 1.82) is 0 Å². The Labute approximate surface area is 219 Å². The van der Waals surface area contributed by atoms with Crippen LogP contribution < -0.4 is 4.90 Å². The van der Waals surface area contributed by atoms with Crippen molar-refractivity contribution in [2.75, 3.05) is 4.90 Å². The molecule has 5 aromatic carbocycles. The third kappa shape index (κ3) is 3.64. The van der Waals surface area contributed by atoms with Gasteiger partial charge >= 0.3 is 0 Å². The average molecular weight is 492 g/mol. The number of carbonyl (C=O) groups is 2. The molecule has 2 amide bonds. The van der Waals surface area contributed by atoms with Crippen LogP contribution in [-0.2, 0) is 0 Å². The highest BCUT2D eigenvalue weighted by atomic mass is 16.2. The molecule has 0 fully saturated rings. The van der Waals surface area contributed by atoms with E-state index in [0.717, 1.165) is 44.7 Å². The van der Waals surface area contributed by atoms with E-state index < -0.39 is 0 Å². The number of benzene rings is 5. The van der Waals surface area contributed by atoms with Crippen LogP contribution in [-0.4, -0.2) is 23.2 Å². The molecule has 5 heteroatoms. The van der Waals surface area contributed by atoms with Crippen LogP contribution in [0.3, 0.4) is 0 Å². The van der Waals surface area contributed by atoms with E-state index >= 15 is 0 Å². The third-order valence-electron chi connectivity index (χ3n) is 7.01. The molecule has 5 aromatic rings. The van der Waals surface area contributed by atoms with Gasteiger partial charge in [0.1, 0.15) is 0 Å². The zero-order valence-corrected chi connectivity index (χ0v) is 20.3. The molecule has 2 aliphatic rings. The molecule has 0 spiro atoms. The molecular weight excluding hydrogens is 470 g/mol. The van der Waals surface area contributed by atoms with Crippen molar-refractivity contribution in [3.05, 3.63) is 138 Å². The van der Waals surface area contributed by atoms with E-state index in [-0.39, 0.29) is 11.8 Å². The Hall–Kier alpha value is -5.16. The number of imide groups is 1. The summed E-state index contributed by atoms with van der Waals surface area (Å²) in [7, 11) is 0. The highest BCUT2D eigenvalue weighted by molar-refractivity contribution is 6.35. The van der Waals surface area contributed by atoms with E-state index in [1.807, 2.05) is 66.7 Å². The molecule has 38 heavy (non-hydrogen) atoms. The van der Waals surface area contributed by atoms with E-state index in [4.69, 9.17) is 9.98 Å². The molecule has 0 aliphatic carbocycles. The lowest BCUT2D eigenvalue weighted by atomic mass is 10.00. The molecule has 0 aromatic heterocycles. The van der Waals surface area contributed by atoms with Crippen LogP contribution in [0.1, 0.15) is 38.3 Å². The number of amides is 2. The predicted octanol–water partition coefficient (Wildman–Crippen LogP) is 7.29. The van der Waals surface area contributed by atoms with Gasteiger partial charge in [0, 0.05) is 6.42 Å². The Balaban J connectivity index is 1.41. The van der Waals surface area contributed by atoms with Gasteiger partial charge in [-0.15, -0.1) is 0 Å². The van der Waals surface area contributed by atoms with Crippen LogP contribution in [0.4, 0.5) is 17.1 Å². The van der Waals surface area contributed by atoms with Crippen molar-refractivity contribution in [1.82, 2.24) is 0 Å². The van der Waals surface area contributed by atoms with Crippen molar-refractivity contribution in [3.8, 4) is 0 Å². The summed E-state index contributed by atoms with van der Waals surface area (Å²) in [6.45, 7) is 0. The SMILES string of the molecule is O=C1c2cc3cc4c(cc3cc2C(=O)N1c1ccccc1)N=C(c1ccccc1)CC(c1ccccc1)=N4. The van der Waals surface area contributed by atoms with Gasteiger partial charge in [-0.25, -0.2) is 4.90 Å². The Morgan fingerprint density at radius 1 is 0.526 bits per heavy atom. The van der Waals surface area contributed by atoms with Gasteiger partial charge in [-0.2, -0.15) is 0 Å². The number of carbonyl (C=O) groups excluding carboxylic acids is 2. The summed E-state index contributed by atoms with van der Waals surface area (Å²) < 4.78 is 0. The minimum Gasteiger partial charge on any atom is -0.268 e. The molecule has 2 heterocycles. The topological polar surface area (TPSA) is 62.1 Å². The lowest BCUT2D eigenvalue weighted by Gasteiger charge is -2.13. The van der Waals surface area contributed by atoms with Crippen molar-refractivity contribution < 1.29 is 9.59 Å². The molecule has 0 bridgehead atoms. The Bertz CT molecular complexity index is 1690. The van der Waals surface area contributed by atoms with Gasteiger partial charge < -0.3 is 0 Å². The number of fused-ring (bicyclic) bond motifs is 3. The number of anilines is 1. The van der Waals surface area contributed by atoms with E-state index in [0.29, 0.717) is 23.2 Å². The first kappa shape index (κ1) is 22.1. The summed E-state index contributed by atoms with van der Waals surface area (Å²) in [5.74, 6) is -0.628. The van der Waals surface area contributed by atoms with E-state index in [2.05, 4.69) is 24.3 Å². The Morgan fingerprint density at radius 3 is 1.39 bits per heavy atom. The van der Waals surface area contributed by atoms with Crippen molar-refractivity contribution in [2.24, 2.45) is 9.98 Å². The second kappa shape index (κ2) is 8.75. The highest BCUT2D eigenvalue weighted by Crippen LogP contribution is 2.39. The maximum absolute atomic E-state index is 13.3. The van der Waals surface area contributed by atoms with Crippen LogP contribution in [0.2, 0.25) is 0 Å². The lowest BCUT2D eigenvalue weighted by molar-refractivity contribution is 0.0926. The van der Waals surface area contributed by atoms with Crippen molar-refractivity contribution in [2.45, 2.75) is 6.42 Å². The normalized spacial score (nSPS) is 14.6. The summed E-state index contributed by atoms with van der Waals surface area (Å²) in [5, 5.41) is 1.68. The highest BCUT2D eigenvalue weighted by Gasteiger charge is 2.37. The molecule has 0 N–H and O–H groups in total. The second-order valence-corrected chi connectivity index (χ2v) is 9.39. The zero-order valence-electron chi connectivity index (χ0n) is 20.3. The number of hydrogen-bond donors (Lipinski definition) is 0. The van der Waals surface area contributed by atoms with Crippen molar-refractivity contribution in [3.63, 3.8) is 0 Å². The van der Waals surface area contributed by atoms with Crippen LogP contribution in [0.5, 0.6) is 0 Å². The van der Waals surface area contributed by atoms with Crippen LogP contribution in [0.25, 0.3) is 10.8 Å². The standard InChI is InChI=1S/C33H21N3O2/c37-32-26-16-23-18-30-31(19-24(23)17-27(26)33(38)36(32)25-14-8-3-9-15-25)35-29(22-12-6-2-7-13-22)20-28(34-30)21-10-4-1-5-11-21/h1-19H,20H2. The monoisotopic (exact) mass is 491 g/mol. The maximum Gasteiger partial charge on any atom is 0.266 e. The minimum atomic E-state index is -0.314. The van der Waals surface area contributed by atoms with Gasteiger partial charge in [0.15, 0.2) is 0 Å². The smallest absolute Gasteiger partial charge is 0.266 e. The molecule has 5 nitrogen and oxygen atoms in total. The van der Waals surface area contributed by atoms with Gasteiger partial charge in [-0.3, -0.25) is 19.6 Å². The van der Waals surface area contributed by atoms with Gasteiger partial charge in [0.25, 0.3) is 11.8 Å². The van der Waals surface area contributed by atoms with Crippen LogP contribution >= 0.6 is 0 Å². The summed E-state index contributed by atoms with van der Waals surface area (Å²) >= 11 is 0. The largest absolute Gasteiger partial charge is 0.268 e.